The van der Waals surface area contributed by atoms with Crippen LogP contribution in [0.1, 0.15) is 0 Å². The van der Waals surface area contributed by atoms with E-state index in [1.54, 1.807) is 6.07 Å². The van der Waals surface area contributed by atoms with Gasteiger partial charge in [-0.05, 0) is 24.5 Å². The van der Waals surface area contributed by atoms with E-state index in [2.05, 4.69) is 20.4 Å². The van der Waals surface area contributed by atoms with Crippen LogP contribution in [0, 0.1) is 0 Å². The largest absolute Gasteiger partial charge is 0.506 e. The van der Waals surface area contributed by atoms with Crippen molar-refractivity contribution in [3.05, 3.63) is 23.2 Å². The summed E-state index contributed by atoms with van der Waals surface area (Å²) in [6.45, 7) is 0. The number of phenols is 1. The summed E-state index contributed by atoms with van der Waals surface area (Å²) in [4.78, 5) is 0. The van der Waals surface area contributed by atoms with Gasteiger partial charge in [0, 0.05) is 0 Å². The molecule has 0 saturated heterocycles. The molecule has 0 fully saturated rings. The van der Waals surface area contributed by atoms with E-state index < -0.39 is 0 Å². The molecule has 88 valence electrons. The van der Waals surface area contributed by atoms with E-state index in [1.165, 1.54) is 35.2 Å². The van der Waals surface area contributed by atoms with Gasteiger partial charge in [-0.15, -0.1) is 20.4 Å². The van der Waals surface area contributed by atoms with Crippen LogP contribution in [0.5, 0.6) is 5.75 Å². The zero-order valence-electron chi connectivity index (χ0n) is 8.66. The number of benzene rings is 1. The second-order valence-corrected chi connectivity index (χ2v) is 5.31. The monoisotopic (exact) mass is 286 g/mol. The van der Waals surface area contributed by atoms with Crippen LogP contribution in [0.2, 0.25) is 5.02 Å². The third-order valence-corrected chi connectivity index (χ3v) is 3.84. The van der Waals surface area contributed by atoms with E-state index in [1.807, 2.05) is 6.26 Å². The average Bonchev–Trinajstić information content (AvgIpc) is 2.79. The highest BCUT2D eigenvalue weighted by atomic mass is 35.5. The predicted octanol–water partition coefficient (Wildman–Crippen LogP) is 4.03. The molecule has 0 aliphatic rings. The van der Waals surface area contributed by atoms with Crippen LogP contribution in [-0.4, -0.2) is 21.6 Å². The Kier molecular flexibility index (Phi) is 3.93. The van der Waals surface area contributed by atoms with Gasteiger partial charge in [-0.25, -0.2) is 0 Å². The van der Waals surface area contributed by atoms with Gasteiger partial charge in [0.2, 0.25) is 0 Å². The van der Waals surface area contributed by atoms with Crippen molar-refractivity contribution in [3.63, 3.8) is 0 Å². The molecule has 1 heterocycles. The fourth-order valence-electron chi connectivity index (χ4n) is 0.984. The number of nitrogens with zero attached hydrogens (tertiary/aromatic N) is 4. The molecule has 5 nitrogen and oxygen atoms in total. The first-order valence-electron chi connectivity index (χ1n) is 4.47. The molecule has 2 aromatic rings. The molecule has 17 heavy (non-hydrogen) atoms. The van der Waals surface area contributed by atoms with Gasteiger partial charge in [0.15, 0.2) is 4.34 Å². The van der Waals surface area contributed by atoms with Crippen molar-refractivity contribution in [1.82, 2.24) is 10.2 Å². The van der Waals surface area contributed by atoms with E-state index >= 15 is 0 Å². The average molecular weight is 287 g/mol. The van der Waals surface area contributed by atoms with Crippen LogP contribution in [0.3, 0.4) is 0 Å². The van der Waals surface area contributed by atoms with Gasteiger partial charge < -0.3 is 5.11 Å². The molecule has 0 bridgehead atoms. The fourth-order valence-corrected chi connectivity index (χ4v) is 2.24. The predicted molar refractivity (Wildman–Crippen MR) is 69.0 cm³/mol. The highest BCUT2D eigenvalue weighted by Gasteiger charge is 2.02. The molecule has 1 aromatic carbocycles. The SMILES string of the molecule is CSc1nnc(N=Nc2ccc(O)c(Cl)c2)s1. The highest BCUT2D eigenvalue weighted by molar-refractivity contribution is 8.00. The van der Waals surface area contributed by atoms with Crippen molar-refractivity contribution in [1.29, 1.82) is 0 Å². The quantitative estimate of drug-likeness (QED) is 0.683. The maximum Gasteiger partial charge on any atom is 0.252 e. The van der Waals surface area contributed by atoms with Crippen molar-refractivity contribution in [2.24, 2.45) is 10.2 Å². The minimum atomic E-state index is 0.0196. The molecule has 0 unspecified atom stereocenters. The molecule has 1 N–H and O–H groups in total. The lowest BCUT2D eigenvalue weighted by molar-refractivity contribution is 0.475. The number of azo groups is 1. The van der Waals surface area contributed by atoms with Crippen LogP contribution < -0.4 is 0 Å². The highest BCUT2D eigenvalue weighted by Crippen LogP contribution is 2.30. The van der Waals surface area contributed by atoms with Crippen LogP contribution in [0.25, 0.3) is 0 Å². The third kappa shape index (κ3) is 3.15. The number of hydrogen-bond acceptors (Lipinski definition) is 7. The van der Waals surface area contributed by atoms with Crippen LogP contribution in [-0.2, 0) is 0 Å². The van der Waals surface area contributed by atoms with E-state index in [9.17, 15) is 5.11 Å². The molecule has 0 spiro atoms. The van der Waals surface area contributed by atoms with Crippen molar-refractivity contribution >= 4 is 45.5 Å². The molecule has 0 saturated carbocycles. The first-order chi connectivity index (χ1) is 8.19. The second kappa shape index (κ2) is 5.44. The Labute approximate surface area is 111 Å². The van der Waals surface area contributed by atoms with Crippen molar-refractivity contribution in [2.45, 2.75) is 4.34 Å². The van der Waals surface area contributed by atoms with Crippen molar-refractivity contribution in [2.75, 3.05) is 6.26 Å². The van der Waals surface area contributed by atoms with Gasteiger partial charge in [0.05, 0.1) is 10.7 Å². The molecular formula is C9H7ClN4OS2. The summed E-state index contributed by atoms with van der Waals surface area (Å²) in [7, 11) is 0. The van der Waals surface area contributed by atoms with Gasteiger partial charge in [-0.2, -0.15) is 0 Å². The number of aromatic nitrogens is 2. The Morgan fingerprint density at radius 1 is 1.35 bits per heavy atom. The first-order valence-corrected chi connectivity index (χ1v) is 6.88. The Morgan fingerprint density at radius 3 is 2.82 bits per heavy atom. The number of thioether (sulfide) groups is 1. The molecule has 0 atom stereocenters. The lowest BCUT2D eigenvalue weighted by atomic mass is 10.3. The molecule has 1 aromatic heterocycles. The first kappa shape index (κ1) is 12.3. The molecular weight excluding hydrogens is 280 g/mol. The second-order valence-electron chi connectivity index (χ2n) is 2.89. The Morgan fingerprint density at radius 2 is 2.18 bits per heavy atom. The van der Waals surface area contributed by atoms with E-state index in [4.69, 9.17) is 11.6 Å². The molecule has 0 aliphatic carbocycles. The summed E-state index contributed by atoms with van der Waals surface area (Å²) in [6.07, 6.45) is 1.92. The van der Waals surface area contributed by atoms with E-state index in [0.29, 0.717) is 10.8 Å². The summed E-state index contributed by atoms with van der Waals surface area (Å²) in [6, 6.07) is 4.60. The third-order valence-electron chi connectivity index (χ3n) is 1.75. The Bertz CT molecular complexity index is 558. The molecule has 0 radical (unpaired) electrons. The Hall–Kier alpha value is -1.18. The summed E-state index contributed by atoms with van der Waals surface area (Å²) in [5.41, 5.74) is 0.550. The molecule has 2 rings (SSSR count). The smallest absolute Gasteiger partial charge is 0.252 e. The van der Waals surface area contributed by atoms with Gasteiger partial charge in [0.25, 0.3) is 5.13 Å². The molecule has 8 heteroatoms. The number of rotatable bonds is 3. The van der Waals surface area contributed by atoms with Crippen molar-refractivity contribution < 1.29 is 5.11 Å². The van der Waals surface area contributed by atoms with Gasteiger partial charge in [0.1, 0.15) is 5.75 Å². The summed E-state index contributed by atoms with van der Waals surface area (Å²) in [5.74, 6) is 0.0196. The lowest BCUT2D eigenvalue weighted by Crippen LogP contribution is -1.68. The minimum Gasteiger partial charge on any atom is -0.506 e. The zero-order valence-corrected chi connectivity index (χ0v) is 11.1. The maximum atomic E-state index is 9.24. The van der Waals surface area contributed by atoms with Gasteiger partial charge in [-0.3, -0.25) is 0 Å². The minimum absolute atomic E-state index is 0.0196. The van der Waals surface area contributed by atoms with Crippen LogP contribution in [0.15, 0.2) is 32.8 Å². The maximum absolute atomic E-state index is 9.24. The topological polar surface area (TPSA) is 70.7 Å². The van der Waals surface area contributed by atoms with E-state index in [-0.39, 0.29) is 10.8 Å². The summed E-state index contributed by atoms with van der Waals surface area (Å²) < 4.78 is 0.836. The van der Waals surface area contributed by atoms with Gasteiger partial charge >= 0.3 is 0 Å². The molecule has 0 aliphatic heterocycles. The van der Waals surface area contributed by atoms with Crippen LogP contribution in [0.4, 0.5) is 10.8 Å². The normalized spacial score (nSPS) is 11.2. The summed E-state index contributed by atoms with van der Waals surface area (Å²) in [5, 5.41) is 25.6. The van der Waals surface area contributed by atoms with E-state index in [0.717, 1.165) is 4.34 Å². The van der Waals surface area contributed by atoms with Gasteiger partial charge in [-0.1, -0.05) is 34.7 Å². The fraction of sp³-hybridized carbons (Fsp3) is 0.111. The number of hydrogen-bond donors (Lipinski definition) is 1. The van der Waals surface area contributed by atoms with Crippen molar-refractivity contribution in [3.8, 4) is 5.75 Å². The standard InChI is InChI=1S/C9H7ClN4OS2/c1-16-9-14-13-8(17-9)12-11-5-2-3-7(15)6(10)4-5/h2-4,15H,1H3. The molecule has 0 amide bonds. The lowest BCUT2D eigenvalue weighted by Gasteiger charge is -1.95. The number of halogens is 1. The number of phenolic OH excluding ortho intramolecular Hbond substituents is 1. The summed E-state index contributed by atoms with van der Waals surface area (Å²) >= 11 is 8.60. The zero-order chi connectivity index (χ0) is 12.3. The van der Waals surface area contributed by atoms with Crippen LogP contribution >= 0.6 is 34.7 Å². The number of aromatic hydroxyl groups is 1. The Balaban J connectivity index is 2.16.